The molecule has 7 nitrogen and oxygen atoms in total. The van der Waals surface area contributed by atoms with Gasteiger partial charge in [0.15, 0.2) is 0 Å². The first-order chi connectivity index (χ1) is 12.2. The Labute approximate surface area is 149 Å². The molecule has 2 heterocycles. The molecule has 0 atom stereocenters. The van der Waals surface area contributed by atoms with Gasteiger partial charge in [0.2, 0.25) is 5.91 Å². The molecule has 1 amide bonds. The number of hydrogen-bond donors (Lipinski definition) is 1. The summed E-state index contributed by atoms with van der Waals surface area (Å²) in [7, 11) is 0. The van der Waals surface area contributed by atoms with Crippen molar-refractivity contribution in [1.82, 2.24) is 20.0 Å². The molecule has 0 aliphatic heterocycles. The topological polar surface area (TPSA) is 85.8 Å². The van der Waals surface area contributed by atoms with Crippen molar-refractivity contribution < 1.29 is 9.21 Å². The molecule has 0 saturated heterocycles. The van der Waals surface area contributed by atoms with Crippen molar-refractivity contribution in [3.05, 3.63) is 42.2 Å². The van der Waals surface area contributed by atoms with Crippen molar-refractivity contribution in [2.75, 3.05) is 11.1 Å². The maximum atomic E-state index is 12.0. The third-order valence-corrected chi connectivity index (χ3v) is 4.40. The highest BCUT2D eigenvalue weighted by atomic mass is 32.2. The van der Waals surface area contributed by atoms with Crippen LogP contribution in [-0.4, -0.2) is 31.6 Å². The monoisotopic (exact) mass is 357 g/mol. The molecule has 25 heavy (non-hydrogen) atoms. The van der Waals surface area contributed by atoms with Gasteiger partial charge >= 0.3 is 0 Å². The van der Waals surface area contributed by atoms with Crippen LogP contribution in [0.3, 0.4) is 0 Å². The second kappa shape index (κ2) is 7.98. The highest BCUT2D eigenvalue weighted by Gasteiger charge is 2.12. The van der Waals surface area contributed by atoms with Gasteiger partial charge in [-0.3, -0.25) is 9.48 Å². The van der Waals surface area contributed by atoms with E-state index in [1.807, 2.05) is 37.4 Å². The minimum atomic E-state index is -0.118. The highest BCUT2D eigenvalue weighted by Crippen LogP contribution is 2.23. The maximum Gasteiger partial charge on any atom is 0.277 e. The van der Waals surface area contributed by atoms with Crippen molar-refractivity contribution in [2.24, 2.45) is 0 Å². The van der Waals surface area contributed by atoms with E-state index in [1.54, 1.807) is 10.9 Å². The Bertz CT molecular complexity index is 841. The molecule has 0 aliphatic rings. The Morgan fingerprint density at radius 3 is 2.72 bits per heavy atom. The van der Waals surface area contributed by atoms with Gasteiger partial charge in [-0.25, -0.2) is 0 Å². The molecule has 130 valence electrons. The minimum Gasteiger partial charge on any atom is -0.411 e. The fraction of sp³-hybridized carbons (Fsp3) is 0.294. The second-order valence-corrected chi connectivity index (χ2v) is 6.27. The fourth-order valence-corrected chi connectivity index (χ4v) is 2.74. The van der Waals surface area contributed by atoms with Gasteiger partial charge in [-0.05, 0) is 31.0 Å². The summed E-state index contributed by atoms with van der Waals surface area (Å²) in [5.74, 6) is 0.483. The van der Waals surface area contributed by atoms with Crippen LogP contribution in [0.4, 0.5) is 5.69 Å². The molecular formula is C17H19N5O2S. The molecule has 1 aromatic carbocycles. The number of anilines is 1. The predicted octanol–water partition coefficient (Wildman–Crippen LogP) is 3.25. The van der Waals surface area contributed by atoms with E-state index in [-0.39, 0.29) is 11.7 Å². The Morgan fingerprint density at radius 1 is 1.24 bits per heavy atom. The predicted molar refractivity (Wildman–Crippen MR) is 96.4 cm³/mol. The number of carbonyl (C=O) groups excluding carboxylic acids is 1. The zero-order valence-electron chi connectivity index (χ0n) is 14.1. The summed E-state index contributed by atoms with van der Waals surface area (Å²) in [5, 5.41) is 15.3. The molecule has 0 spiro atoms. The maximum absolute atomic E-state index is 12.0. The van der Waals surface area contributed by atoms with Gasteiger partial charge in [0, 0.05) is 18.4 Å². The first kappa shape index (κ1) is 17.2. The zero-order chi connectivity index (χ0) is 17.6. The first-order valence-corrected chi connectivity index (χ1v) is 9.04. The summed E-state index contributed by atoms with van der Waals surface area (Å²) >= 11 is 1.20. The van der Waals surface area contributed by atoms with E-state index in [4.69, 9.17) is 4.42 Å². The van der Waals surface area contributed by atoms with E-state index in [0.717, 1.165) is 24.2 Å². The lowest BCUT2D eigenvalue weighted by Crippen LogP contribution is -2.13. The fourth-order valence-electron chi connectivity index (χ4n) is 2.18. The average Bonchev–Trinajstić information content (AvgIpc) is 3.29. The minimum absolute atomic E-state index is 0.118. The molecule has 2 aromatic heterocycles. The number of benzene rings is 1. The lowest BCUT2D eigenvalue weighted by atomic mass is 10.1. The van der Waals surface area contributed by atoms with E-state index in [0.29, 0.717) is 11.1 Å². The van der Waals surface area contributed by atoms with Crippen LogP contribution in [0.15, 0.2) is 46.3 Å². The number of amides is 1. The van der Waals surface area contributed by atoms with Crippen molar-refractivity contribution in [1.29, 1.82) is 0 Å². The van der Waals surface area contributed by atoms with Gasteiger partial charge in [-0.1, -0.05) is 30.8 Å². The van der Waals surface area contributed by atoms with Crippen molar-refractivity contribution >= 4 is 23.4 Å². The van der Waals surface area contributed by atoms with E-state index < -0.39 is 0 Å². The van der Waals surface area contributed by atoms with E-state index in [9.17, 15) is 4.79 Å². The molecule has 1 N–H and O–H groups in total. The van der Waals surface area contributed by atoms with Gasteiger partial charge in [-0.15, -0.1) is 10.2 Å². The number of aryl methyl sites for hydroxylation is 2. The molecular weight excluding hydrogens is 338 g/mol. The third kappa shape index (κ3) is 4.48. The molecule has 8 heteroatoms. The summed E-state index contributed by atoms with van der Waals surface area (Å²) < 4.78 is 7.35. The smallest absolute Gasteiger partial charge is 0.277 e. The summed E-state index contributed by atoms with van der Waals surface area (Å²) in [5.41, 5.74) is 2.78. The third-order valence-electron chi connectivity index (χ3n) is 3.58. The quantitative estimate of drug-likeness (QED) is 0.653. The van der Waals surface area contributed by atoms with Crippen molar-refractivity contribution in [2.45, 2.75) is 32.0 Å². The van der Waals surface area contributed by atoms with Gasteiger partial charge in [0.25, 0.3) is 11.1 Å². The van der Waals surface area contributed by atoms with Crippen LogP contribution in [-0.2, 0) is 17.8 Å². The SMILES string of the molecule is CCc1ccc(NC(=O)CSc2nnc(-c3cnn(CC)c3)o2)cc1. The molecule has 0 bridgehead atoms. The molecule has 0 saturated carbocycles. The summed E-state index contributed by atoms with van der Waals surface area (Å²) in [6.07, 6.45) is 4.49. The molecule has 0 fully saturated rings. The van der Waals surface area contributed by atoms with Crippen LogP contribution in [0.2, 0.25) is 0 Å². The van der Waals surface area contributed by atoms with Crippen LogP contribution in [0.25, 0.3) is 11.5 Å². The standard InChI is InChI=1S/C17H19N5O2S/c1-3-12-5-7-14(8-6-12)19-15(23)11-25-17-21-20-16(24-17)13-9-18-22(4-2)10-13/h5-10H,3-4,11H2,1-2H3,(H,19,23). The van der Waals surface area contributed by atoms with Crippen molar-refractivity contribution in [3.8, 4) is 11.5 Å². The number of nitrogens with zero attached hydrogens (tertiary/aromatic N) is 4. The van der Waals surface area contributed by atoms with E-state index in [1.165, 1.54) is 17.3 Å². The molecule has 0 unspecified atom stereocenters. The number of thioether (sulfide) groups is 1. The molecule has 0 aliphatic carbocycles. The Morgan fingerprint density at radius 2 is 2.04 bits per heavy atom. The average molecular weight is 357 g/mol. The van der Waals surface area contributed by atoms with E-state index in [2.05, 4.69) is 27.5 Å². The molecule has 0 radical (unpaired) electrons. The normalized spacial score (nSPS) is 10.8. The van der Waals surface area contributed by atoms with Crippen LogP contribution in [0, 0.1) is 0 Å². The number of rotatable bonds is 7. The lowest BCUT2D eigenvalue weighted by molar-refractivity contribution is -0.113. The van der Waals surface area contributed by atoms with E-state index >= 15 is 0 Å². The number of carbonyl (C=O) groups is 1. The first-order valence-electron chi connectivity index (χ1n) is 8.06. The van der Waals surface area contributed by atoms with Gasteiger partial charge in [-0.2, -0.15) is 5.10 Å². The Kier molecular flexibility index (Phi) is 5.49. The van der Waals surface area contributed by atoms with Crippen LogP contribution >= 0.6 is 11.8 Å². The van der Waals surface area contributed by atoms with Crippen LogP contribution in [0.5, 0.6) is 0 Å². The summed E-state index contributed by atoms with van der Waals surface area (Å²) in [4.78, 5) is 12.0. The zero-order valence-corrected chi connectivity index (χ0v) is 14.9. The Balaban J connectivity index is 1.53. The largest absolute Gasteiger partial charge is 0.411 e. The van der Waals surface area contributed by atoms with Crippen LogP contribution in [0.1, 0.15) is 19.4 Å². The lowest BCUT2D eigenvalue weighted by Gasteiger charge is -2.04. The summed E-state index contributed by atoms with van der Waals surface area (Å²) in [6, 6.07) is 7.81. The van der Waals surface area contributed by atoms with Gasteiger partial charge in [0.05, 0.1) is 17.5 Å². The number of nitrogens with one attached hydrogen (secondary N) is 1. The molecule has 3 rings (SSSR count). The number of aromatic nitrogens is 4. The van der Waals surface area contributed by atoms with Gasteiger partial charge < -0.3 is 9.73 Å². The second-order valence-electron chi connectivity index (χ2n) is 5.35. The highest BCUT2D eigenvalue weighted by molar-refractivity contribution is 7.99. The van der Waals surface area contributed by atoms with Crippen molar-refractivity contribution in [3.63, 3.8) is 0 Å². The number of hydrogen-bond acceptors (Lipinski definition) is 6. The van der Waals surface area contributed by atoms with Gasteiger partial charge in [0.1, 0.15) is 0 Å². The molecule has 3 aromatic rings. The van der Waals surface area contributed by atoms with Crippen LogP contribution < -0.4 is 5.32 Å². The summed E-state index contributed by atoms with van der Waals surface area (Å²) in [6.45, 7) is 4.87. The Hall–Kier alpha value is -2.61.